The molecule has 0 saturated carbocycles. The Hall–Kier alpha value is -1.12. The predicted molar refractivity (Wildman–Crippen MR) is 55.3 cm³/mol. The van der Waals surface area contributed by atoms with E-state index in [0.29, 0.717) is 6.54 Å². The Morgan fingerprint density at radius 3 is 2.67 bits per heavy atom. The van der Waals surface area contributed by atoms with Crippen molar-refractivity contribution >= 4 is 16.3 Å². The number of carbonyl (C=O) groups is 1. The quantitative estimate of drug-likeness (QED) is 0.517. The maximum absolute atomic E-state index is 11.1. The Kier molecular flexibility index (Phi) is 6.67. The van der Waals surface area contributed by atoms with Gasteiger partial charge in [-0.25, -0.2) is 9.52 Å². The maximum atomic E-state index is 11.1. The van der Waals surface area contributed by atoms with E-state index in [2.05, 4.69) is 9.46 Å². The Balaban J connectivity index is 3.97. The van der Waals surface area contributed by atoms with Crippen LogP contribution in [0.15, 0.2) is 12.2 Å². The van der Waals surface area contributed by atoms with Crippen molar-refractivity contribution in [3.8, 4) is 0 Å². The zero-order valence-corrected chi connectivity index (χ0v) is 9.21. The van der Waals surface area contributed by atoms with E-state index in [9.17, 15) is 13.2 Å². The molecule has 15 heavy (non-hydrogen) atoms. The number of hydrogen-bond donors (Lipinski definition) is 3. The lowest BCUT2D eigenvalue weighted by Crippen LogP contribution is -2.40. The van der Waals surface area contributed by atoms with Gasteiger partial charge in [-0.3, -0.25) is 0 Å². The van der Waals surface area contributed by atoms with Gasteiger partial charge < -0.3 is 10.5 Å². The third kappa shape index (κ3) is 7.91. The molecule has 8 heteroatoms. The van der Waals surface area contributed by atoms with Gasteiger partial charge in [0.25, 0.3) is 0 Å². The summed E-state index contributed by atoms with van der Waals surface area (Å²) in [5.41, 5.74) is 5.14. The van der Waals surface area contributed by atoms with Crippen LogP contribution in [0.3, 0.4) is 0 Å². The number of amides is 1. The summed E-state index contributed by atoms with van der Waals surface area (Å²) in [6, 6.07) is 0. The molecule has 0 aliphatic heterocycles. The predicted octanol–water partition coefficient (Wildman–Crippen LogP) is -0.918. The minimum atomic E-state index is -3.85. The molecule has 0 radical (unpaired) electrons. The minimum absolute atomic E-state index is 0.0614. The smallest absolute Gasteiger partial charge is 0.421 e. The van der Waals surface area contributed by atoms with Crippen molar-refractivity contribution in [3.63, 3.8) is 0 Å². The van der Waals surface area contributed by atoms with Gasteiger partial charge >= 0.3 is 16.3 Å². The van der Waals surface area contributed by atoms with E-state index in [1.54, 1.807) is 17.7 Å². The zero-order valence-electron chi connectivity index (χ0n) is 8.39. The van der Waals surface area contributed by atoms with E-state index < -0.39 is 16.3 Å². The second-order valence-corrected chi connectivity index (χ2v) is 3.88. The van der Waals surface area contributed by atoms with Crippen molar-refractivity contribution in [1.29, 1.82) is 0 Å². The third-order valence-electron chi connectivity index (χ3n) is 1.19. The molecule has 1 amide bonds. The number of nitrogens with two attached hydrogens (primary N) is 1. The zero-order chi connectivity index (χ0) is 11.7. The molecule has 88 valence electrons. The van der Waals surface area contributed by atoms with Crippen LogP contribution in [-0.4, -0.2) is 34.2 Å². The first-order chi connectivity index (χ1) is 7.02. The lowest BCUT2D eigenvalue weighted by atomic mass is 10.5. The normalized spacial score (nSPS) is 11.6. The van der Waals surface area contributed by atoms with Crippen molar-refractivity contribution in [2.75, 3.05) is 19.7 Å². The van der Waals surface area contributed by atoms with Gasteiger partial charge in [-0.2, -0.15) is 13.1 Å². The molecule has 0 aliphatic carbocycles. The van der Waals surface area contributed by atoms with Crippen LogP contribution in [0.25, 0.3) is 0 Å². The summed E-state index contributed by atoms with van der Waals surface area (Å²) in [5, 5.41) is 0. The molecule has 0 fully saturated rings. The number of rotatable bonds is 6. The molecule has 0 spiro atoms. The Bertz CT molecular complexity index is 312. The fourth-order valence-electron chi connectivity index (χ4n) is 0.644. The summed E-state index contributed by atoms with van der Waals surface area (Å²) in [7, 11) is -3.85. The van der Waals surface area contributed by atoms with E-state index in [0.717, 1.165) is 0 Å². The van der Waals surface area contributed by atoms with E-state index in [4.69, 9.17) is 5.73 Å². The van der Waals surface area contributed by atoms with Gasteiger partial charge in [0.1, 0.15) is 0 Å². The van der Waals surface area contributed by atoms with Gasteiger partial charge in [-0.05, 0) is 6.92 Å². The van der Waals surface area contributed by atoms with Crippen molar-refractivity contribution in [1.82, 2.24) is 9.44 Å². The van der Waals surface area contributed by atoms with Gasteiger partial charge in [0.05, 0.1) is 6.61 Å². The summed E-state index contributed by atoms with van der Waals surface area (Å²) in [5.74, 6) is 0. The standard InChI is InChI=1S/C7H15N3O4S/c1-2-14-7(11)10-15(12,13)9-6-4-3-5-8/h3-4,9H,2,5-6,8H2,1H3,(H,10,11)/b4-3+. The van der Waals surface area contributed by atoms with Crippen LogP contribution in [0.5, 0.6) is 0 Å². The van der Waals surface area contributed by atoms with Gasteiger partial charge in [0, 0.05) is 13.1 Å². The highest BCUT2D eigenvalue weighted by Crippen LogP contribution is 1.82. The average Bonchev–Trinajstić information content (AvgIpc) is 2.12. The second-order valence-electron chi connectivity index (χ2n) is 2.38. The summed E-state index contributed by atoms with van der Waals surface area (Å²) < 4.78 is 30.3. The monoisotopic (exact) mass is 237 g/mol. The number of ether oxygens (including phenoxy) is 1. The van der Waals surface area contributed by atoms with Crippen LogP contribution in [0.4, 0.5) is 4.79 Å². The molecule has 7 nitrogen and oxygen atoms in total. The van der Waals surface area contributed by atoms with Crippen LogP contribution in [0, 0.1) is 0 Å². The van der Waals surface area contributed by atoms with Crippen LogP contribution in [0.1, 0.15) is 6.92 Å². The van der Waals surface area contributed by atoms with Crippen LogP contribution in [0.2, 0.25) is 0 Å². The average molecular weight is 237 g/mol. The fourth-order valence-corrected chi connectivity index (χ4v) is 1.31. The molecule has 0 bridgehead atoms. The fraction of sp³-hybridized carbons (Fsp3) is 0.571. The largest absolute Gasteiger partial charge is 0.449 e. The lowest BCUT2D eigenvalue weighted by Gasteiger charge is -2.06. The molecule has 0 aromatic carbocycles. The molecule has 0 aromatic rings. The molecular weight excluding hydrogens is 222 g/mol. The van der Waals surface area contributed by atoms with E-state index >= 15 is 0 Å². The Labute approximate surface area is 88.9 Å². The van der Waals surface area contributed by atoms with Gasteiger partial charge in [0.2, 0.25) is 0 Å². The first kappa shape index (κ1) is 13.9. The van der Waals surface area contributed by atoms with Gasteiger partial charge in [-0.15, -0.1) is 0 Å². The van der Waals surface area contributed by atoms with Gasteiger partial charge in [-0.1, -0.05) is 12.2 Å². The minimum Gasteiger partial charge on any atom is -0.449 e. The molecule has 0 rings (SSSR count). The topological polar surface area (TPSA) is 111 Å². The highest BCUT2D eigenvalue weighted by atomic mass is 32.2. The van der Waals surface area contributed by atoms with Crippen LogP contribution in [-0.2, 0) is 14.9 Å². The third-order valence-corrected chi connectivity index (χ3v) is 2.17. The van der Waals surface area contributed by atoms with Crippen LogP contribution < -0.4 is 15.2 Å². The first-order valence-electron chi connectivity index (χ1n) is 4.31. The van der Waals surface area contributed by atoms with E-state index in [-0.39, 0.29) is 13.2 Å². The number of carbonyl (C=O) groups excluding carboxylic acids is 1. The summed E-state index contributed by atoms with van der Waals surface area (Å²) in [6.45, 7) is 2.07. The van der Waals surface area contributed by atoms with Crippen molar-refractivity contribution in [3.05, 3.63) is 12.2 Å². The lowest BCUT2D eigenvalue weighted by molar-refractivity contribution is 0.158. The van der Waals surface area contributed by atoms with Gasteiger partial charge in [0.15, 0.2) is 0 Å². The summed E-state index contributed by atoms with van der Waals surface area (Å²) in [4.78, 5) is 10.8. The van der Waals surface area contributed by atoms with E-state index in [1.165, 1.54) is 6.08 Å². The molecule has 0 saturated heterocycles. The molecule has 0 aliphatic rings. The number of hydrogen-bond acceptors (Lipinski definition) is 5. The maximum Gasteiger partial charge on any atom is 0.421 e. The molecule has 0 aromatic heterocycles. The van der Waals surface area contributed by atoms with E-state index in [1.807, 2.05) is 0 Å². The Morgan fingerprint density at radius 2 is 2.13 bits per heavy atom. The molecule has 0 unspecified atom stereocenters. The first-order valence-corrected chi connectivity index (χ1v) is 5.79. The van der Waals surface area contributed by atoms with Crippen molar-refractivity contribution in [2.24, 2.45) is 5.73 Å². The molecular formula is C7H15N3O4S. The summed E-state index contributed by atoms with van der Waals surface area (Å²) in [6.07, 6.45) is 2.12. The molecule has 4 N–H and O–H groups in total. The highest BCUT2D eigenvalue weighted by Gasteiger charge is 2.12. The Morgan fingerprint density at radius 1 is 1.47 bits per heavy atom. The van der Waals surface area contributed by atoms with Crippen molar-refractivity contribution in [2.45, 2.75) is 6.92 Å². The van der Waals surface area contributed by atoms with Crippen LogP contribution >= 0.6 is 0 Å². The number of nitrogens with one attached hydrogen (secondary N) is 2. The molecule has 0 heterocycles. The SMILES string of the molecule is CCOC(=O)NS(=O)(=O)NC/C=C/CN. The second kappa shape index (κ2) is 7.21. The van der Waals surface area contributed by atoms with Crippen molar-refractivity contribution < 1.29 is 17.9 Å². The molecule has 0 atom stereocenters. The summed E-state index contributed by atoms with van der Waals surface area (Å²) >= 11 is 0. The highest BCUT2D eigenvalue weighted by molar-refractivity contribution is 7.88.